The van der Waals surface area contributed by atoms with E-state index in [0.717, 1.165) is 29.0 Å². The number of hydrogen-bond acceptors (Lipinski definition) is 6. The van der Waals surface area contributed by atoms with Gasteiger partial charge in [0, 0.05) is 49.9 Å². The maximum atomic E-state index is 13.4. The second-order valence-electron chi connectivity index (χ2n) is 8.18. The van der Waals surface area contributed by atoms with Gasteiger partial charge in [-0.1, -0.05) is 19.6 Å². The number of carbonyl (C=O) groups is 2. The third kappa shape index (κ3) is 3.91. The first-order valence-corrected chi connectivity index (χ1v) is 12.1. The van der Waals surface area contributed by atoms with Crippen molar-refractivity contribution in [1.29, 1.82) is 0 Å². The SMILES string of the molecule is C=C1NC2=C(C(=O)CC(c3cccs3)C2)C(c2ccc(CC)s2)C1C(=O)OC(C)C. The van der Waals surface area contributed by atoms with Crippen LogP contribution >= 0.6 is 22.7 Å². The number of ether oxygens (including phenoxy) is 1. The van der Waals surface area contributed by atoms with E-state index < -0.39 is 5.92 Å². The van der Waals surface area contributed by atoms with Crippen molar-refractivity contribution in [2.24, 2.45) is 5.92 Å². The van der Waals surface area contributed by atoms with Gasteiger partial charge in [-0.15, -0.1) is 22.7 Å². The molecule has 2 aliphatic rings. The Labute approximate surface area is 185 Å². The molecule has 158 valence electrons. The van der Waals surface area contributed by atoms with Crippen LogP contribution in [0.1, 0.15) is 60.1 Å². The summed E-state index contributed by atoms with van der Waals surface area (Å²) in [6, 6.07) is 8.28. The number of aryl methyl sites for hydroxylation is 1. The minimum absolute atomic E-state index is 0.119. The molecule has 3 atom stereocenters. The van der Waals surface area contributed by atoms with E-state index in [1.807, 2.05) is 19.9 Å². The Morgan fingerprint density at radius 1 is 1.27 bits per heavy atom. The first kappa shape index (κ1) is 21.1. The molecule has 0 bridgehead atoms. The van der Waals surface area contributed by atoms with E-state index in [0.29, 0.717) is 12.1 Å². The van der Waals surface area contributed by atoms with Gasteiger partial charge in [-0.05, 0) is 50.3 Å². The zero-order valence-corrected chi connectivity index (χ0v) is 19.2. The summed E-state index contributed by atoms with van der Waals surface area (Å²) in [5, 5.41) is 5.39. The van der Waals surface area contributed by atoms with Crippen LogP contribution in [0, 0.1) is 5.92 Å². The van der Waals surface area contributed by atoms with E-state index in [1.54, 1.807) is 22.7 Å². The summed E-state index contributed by atoms with van der Waals surface area (Å²) < 4.78 is 5.57. The van der Waals surface area contributed by atoms with Crippen molar-refractivity contribution in [1.82, 2.24) is 5.32 Å². The number of carbonyl (C=O) groups excluding carboxylic acids is 2. The van der Waals surface area contributed by atoms with Crippen LogP contribution in [-0.2, 0) is 20.7 Å². The van der Waals surface area contributed by atoms with Crippen LogP contribution in [0.25, 0.3) is 0 Å². The van der Waals surface area contributed by atoms with E-state index in [9.17, 15) is 9.59 Å². The second-order valence-corrected chi connectivity index (χ2v) is 10.4. The quantitative estimate of drug-likeness (QED) is 0.619. The molecule has 2 aromatic rings. The number of ketones is 1. The molecule has 0 radical (unpaired) electrons. The zero-order chi connectivity index (χ0) is 21.4. The Morgan fingerprint density at radius 3 is 2.70 bits per heavy atom. The molecule has 6 heteroatoms. The van der Waals surface area contributed by atoms with Crippen molar-refractivity contribution in [3.05, 3.63) is 67.8 Å². The van der Waals surface area contributed by atoms with Gasteiger partial charge in [0.1, 0.15) is 5.92 Å². The van der Waals surface area contributed by atoms with E-state index >= 15 is 0 Å². The lowest BCUT2D eigenvalue weighted by molar-refractivity contribution is -0.151. The third-order valence-corrected chi connectivity index (χ3v) is 8.08. The lowest BCUT2D eigenvalue weighted by Gasteiger charge is -2.39. The lowest BCUT2D eigenvalue weighted by atomic mass is 9.71. The van der Waals surface area contributed by atoms with Gasteiger partial charge in [0.2, 0.25) is 0 Å². The molecule has 4 rings (SSSR count). The van der Waals surface area contributed by atoms with Gasteiger partial charge in [0.05, 0.1) is 6.10 Å². The number of thiophene rings is 2. The summed E-state index contributed by atoms with van der Waals surface area (Å²) in [6.07, 6.45) is 1.94. The molecule has 1 aliphatic heterocycles. The van der Waals surface area contributed by atoms with E-state index in [-0.39, 0.29) is 29.7 Å². The summed E-state index contributed by atoms with van der Waals surface area (Å²) in [5.74, 6) is -0.961. The van der Waals surface area contributed by atoms with Crippen LogP contribution in [0.5, 0.6) is 0 Å². The molecular formula is C24H27NO3S2. The maximum absolute atomic E-state index is 13.4. The molecule has 0 saturated carbocycles. The lowest BCUT2D eigenvalue weighted by Crippen LogP contribution is -2.42. The van der Waals surface area contributed by atoms with Crippen molar-refractivity contribution in [3.63, 3.8) is 0 Å². The number of allylic oxidation sites excluding steroid dienone is 2. The van der Waals surface area contributed by atoms with Gasteiger partial charge in [0.15, 0.2) is 5.78 Å². The predicted molar refractivity (Wildman–Crippen MR) is 122 cm³/mol. The Balaban J connectivity index is 1.78. The van der Waals surface area contributed by atoms with Gasteiger partial charge >= 0.3 is 5.97 Å². The molecule has 3 unspecified atom stereocenters. The van der Waals surface area contributed by atoms with Crippen LogP contribution < -0.4 is 5.32 Å². The molecule has 0 fully saturated rings. The van der Waals surface area contributed by atoms with Crippen molar-refractivity contribution < 1.29 is 14.3 Å². The normalized spacial score (nSPS) is 24.1. The number of nitrogens with one attached hydrogen (secondary N) is 1. The topological polar surface area (TPSA) is 55.4 Å². The predicted octanol–water partition coefficient (Wildman–Crippen LogP) is 5.54. The Hall–Kier alpha value is -2.18. The summed E-state index contributed by atoms with van der Waals surface area (Å²) in [7, 11) is 0. The van der Waals surface area contributed by atoms with E-state index in [4.69, 9.17) is 4.74 Å². The average Bonchev–Trinajstić information content (AvgIpc) is 3.38. The molecule has 2 aromatic heterocycles. The van der Waals surface area contributed by atoms with Gasteiger partial charge in [-0.2, -0.15) is 0 Å². The number of Topliss-reactive ketones (excluding diaryl/α,β-unsaturated/α-hetero) is 1. The van der Waals surface area contributed by atoms with Gasteiger partial charge in [-0.25, -0.2) is 0 Å². The molecule has 4 nitrogen and oxygen atoms in total. The minimum atomic E-state index is -0.600. The molecular weight excluding hydrogens is 414 g/mol. The molecule has 3 heterocycles. The van der Waals surface area contributed by atoms with Crippen molar-refractivity contribution >= 4 is 34.4 Å². The molecule has 30 heavy (non-hydrogen) atoms. The fraction of sp³-hybridized carbons (Fsp3) is 0.417. The van der Waals surface area contributed by atoms with Crippen molar-refractivity contribution in [3.8, 4) is 0 Å². The van der Waals surface area contributed by atoms with Gasteiger partial charge < -0.3 is 10.1 Å². The standard InChI is InChI=1S/C24H27NO3S2/c1-5-16-8-9-20(30-16)23-21(24(27)28-13(2)3)14(4)25-17-11-15(12-18(26)22(17)23)19-7-6-10-29-19/h6-10,13,15,21,23,25H,4-5,11-12H2,1-3H3. The molecule has 0 amide bonds. The van der Waals surface area contributed by atoms with Crippen LogP contribution in [0.3, 0.4) is 0 Å². The molecule has 0 aromatic carbocycles. The number of rotatable bonds is 5. The first-order valence-electron chi connectivity index (χ1n) is 10.4. The zero-order valence-electron chi connectivity index (χ0n) is 17.6. The van der Waals surface area contributed by atoms with Crippen LogP contribution in [-0.4, -0.2) is 17.9 Å². The fourth-order valence-electron chi connectivity index (χ4n) is 4.42. The van der Waals surface area contributed by atoms with Crippen molar-refractivity contribution in [2.45, 2.75) is 58.0 Å². The highest BCUT2D eigenvalue weighted by Gasteiger charge is 2.46. The summed E-state index contributed by atoms with van der Waals surface area (Å²) in [5.41, 5.74) is 2.28. The van der Waals surface area contributed by atoms with E-state index in [2.05, 4.69) is 42.4 Å². The number of hydrogen-bond donors (Lipinski definition) is 1. The molecule has 0 spiro atoms. The Kier molecular flexibility index (Phi) is 5.98. The highest BCUT2D eigenvalue weighted by Crippen LogP contribution is 2.49. The molecule has 0 saturated heterocycles. The fourth-order valence-corrected chi connectivity index (χ4v) is 6.35. The van der Waals surface area contributed by atoms with Crippen LogP contribution in [0.2, 0.25) is 0 Å². The minimum Gasteiger partial charge on any atom is -0.462 e. The van der Waals surface area contributed by atoms with Gasteiger partial charge in [-0.3, -0.25) is 9.59 Å². The average molecular weight is 442 g/mol. The molecule has 1 N–H and O–H groups in total. The molecule has 1 aliphatic carbocycles. The van der Waals surface area contributed by atoms with Crippen LogP contribution in [0.15, 0.2) is 53.2 Å². The summed E-state index contributed by atoms with van der Waals surface area (Å²) >= 11 is 3.37. The van der Waals surface area contributed by atoms with Crippen molar-refractivity contribution in [2.75, 3.05) is 0 Å². The Bertz CT molecular complexity index is 1000. The Morgan fingerprint density at radius 2 is 2.07 bits per heavy atom. The van der Waals surface area contributed by atoms with Crippen LogP contribution in [0.4, 0.5) is 0 Å². The van der Waals surface area contributed by atoms with Gasteiger partial charge in [0.25, 0.3) is 0 Å². The maximum Gasteiger partial charge on any atom is 0.316 e. The van der Waals surface area contributed by atoms with E-state index in [1.165, 1.54) is 9.75 Å². The second kappa shape index (κ2) is 8.52. The monoisotopic (exact) mass is 441 g/mol. The largest absolute Gasteiger partial charge is 0.462 e. The highest BCUT2D eigenvalue weighted by molar-refractivity contribution is 7.12. The smallest absolute Gasteiger partial charge is 0.316 e. The first-order chi connectivity index (χ1) is 14.4. The summed E-state index contributed by atoms with van der Waals surface area (Å²) in [4.78, 5) is 30.0. The number of esters is 1. The third-order valence-electron chi connectivity index (χ3n) is 5.73. The highest BCUT2D eigenvalue weighted by atomic mass is 32.1. The summed E-state index contributed by atoms with van der Waals surface area (Å²) in [6.45, 7) is 9.98.